The molecule has 27 heavy (non-hydrogen) atoms. The smallest absolute Gasteiger partial charge is 0.289 e. The van der Waals surface area contributed by atoms with Crippen molar-refractivity contribution in [1.29, 1.82) is 0 Å². The van der Waals surface area contributed by atoms with E-state index in [0.717, 1.165) is 31.4 Å². The van der Waals surface area contributed by atoms with Gasteiger partial charge in [0.25, 0.3) is 5.91 Å². The number of carbonyl (C=O) groups is 1. The summed E-state index contributed by atoms with van der Waals surface area (Å²) < 4.78 is 5.80. The van der Waals surface area contributed by atoms with Gasteiger partial charge in [-0.1, -0.05) is 6.07 Å². The lowest BCUT2D eigenvalue weighted by atomic mass is 9.69. The molecule has 6 heteroatoms. The number of aryl methyl sites for hydroxylation is 1. The van der Waals surface area contributed by atoms with Crippen LogP contribution in [0.5, 0.6) is 0 Å². The Kier molecular flexibility index (Phi) is 4.56. The van der Waals surface area contributed by atoms with Crippen LogP contribution in [0.2, 0.25) is 0 Å². The Morgan fingerprint density at radius 3 is 2.89 bits per heavy atom. The van der Waals surface area contributed by atoms with Crippen LogP contribution in [-0.4, -0.2) is 60.1 Å². The van der Waals surface area contributed by atoms with Gasteiger partial charge in [0.05, 0.1) is 12.0 Å². The molecule has 0 radical (unpaired) electrons. The van der Waals surface area contributed by atoms with Crippen LogP contribution in [0.25, 0.3) is 11.0 Å². The van der Waals surface area contributed by atoms with Crippen LogP contribution in [0.15, 0.2) is 33.5 Å². The summed E-state index contributed by atoms with van der Waals surface area (Å²) in [4.78, 5) is 29.5. The molecule has 0 bridgehead atoms. The third-order valence-electron chi connectivity index (χ3n) is 6.39. The second-order valence-corrected chi connectivity index (χ2v) is 8.10. The van der Waals surface area contributed by atoms with Crippen molar-refractivity contribution in [3.05, 3.63) is 45.8 Å². The third kappa shape index (κ3) is 3.07. The molecule has 1 aromatic heterocycles. The van der Waals surface area contributed by atoms with Crippen LogP contribution in [0.3, 0.4) is 0 Å². The highest BCUT2D eigenvalue weighted by Gasteiger charge is 2.47. The normalized spacial score (nSPS) is 26.2. The van der Waals surface area contributed by atoms with E-state index in [2.05, 4.69) is 11.9 Å². The van der Waals surface area contributed by atoms with Gasteiger partial charge in [-0.25, -0.2) is 0 Å². The zero-order chi connectivity index (χ0) is 19.2. The summed E-state index contributed by atoms with van der Waals surface area (Å²) in [6.45, 7) is 4.16. The fourth-order valence-corrected chi connectivity index (χ4v) is 4.72. The molecule has 4 rings (SSSR count). The number of likely N-dealkylation sites (N-methyl/N-ethyl adjacent to an activating group) is 1. The first-order valence-corrected chi connectivity index (χ1v) is 9.58. The summed E-state index contributed by atoms with van der Waals surface area (Å²) in [5.74, 6) is -0.158. The molecule has 6 nitrogen and oxygen atoms in total. The molecule has 2 aromatic rings. The molecule has 0 unspecified atom stereocenters. The average molecular weight is 370 g/mol. The number of hydrogen-bond acceptors (Lipinski definition) is 5. The SMILES string of the molecule is Cc1ccc2c(=O)cc(C(=O)N3CC[C@@]4(CO)CCCN(C)[C@@H]4C3)oc2c1. The quantitative estimate of drug-likeness (QED) is 0.876. The van der Waals surface area contributed by atoms with Crippen molar-refractivity contribution in [3.63, 3.8) is 0 Å². The van der Waals surface area contributed by atoms with Crippen molar-refractivity contribution in [1.82, 2.24) is 9.80 Å². The van der Waals surface area contributed by atoms with E-state index in [9.17, 15) is 14.7 Å². The molecular weight excluding hydrogens is 344 g/mol. The lowest BCUT2D eigenvalue weighted by Crippen LogP contribution is -2.62. The highest BCUT2D eigenvalue weighted by atomic mass is 16.3. The highest BCUT2D eigenvalue weighted by Crippen LogP contribution is 2.41. The molecule has 2 saturated heterocycles. The van der Waals surface area contributed by atoms with Crippen LogP contribution in [-0.2, 0) is 0 Å². The van der Waals surface area contributed by atoms with Gasteiger partial charge >= 0.3 is 0 Å². The summed E-state index contributed by atoms with van der Waals surface area (Å²) >= 11 is 0. The van der Waals surface area contributed by atoms with Crippen molar-refractivity contribution >= 4 is 16.9 Å². The number of aliphatic hydroxyl groups excluding tert-OH is 1. The van der Waals surface area contributed by atoms with E-state index in [1.807, 2.05) is 13.0 Å². The highest BCUT2D eigenvalue weighted by molar-refractivity contribution is 5.93. The van der Waals surface area contributed by atoms with Crippen molar-refractivity contribution in [3.8, 4) is 0 Å². The van der Waals surface area contributed by atoms with Crippen LogP contribution >= 0.6 is 0 Å². The van der Waals surface area contributed by atoms with Gasteiger partial charge < -0.3 is 19.3 Å². The maximum absolute atomic E-state index is 13.1. The van der Waals surface area contributed by atoms with Crippen molar-refractivity contribution in [2.24, 2.45) is 5.41 Å². The van der Waals surface area contributed by atoms with E-state index in [1.165, 1.54) is 6.07 Å². The maximum atomic E-state index is 13.1. The van der Waals surface area contributed by atoms with E-state index >= 15 is 0 Å². The minimum absolute atomic E-state index is 0.0908. The molecule has 0 spiro atoms. The van der Waals surface area contributed by atoms with E-state index < -0.39 is 0 Å². The van der Waals surface area contributed by atoms with Gasteiger partial charge in [0.2, 0.25) is 0 Å². The van der Waals surface area contributed by atoms with Crippen LogP contribution in [0.1, 0.15) is 35.4 Å². The zero-order valence-electron chi connectivity index (χ0n) is 15.9. The standard InChI is InChI=1S/C21H26N2O4/c1-14-4-5-15-16(25)11-18(27-17(15)10-14)20(26)23-9-7-21(13-24)6-3-8-22(2)19(21)12-23/h4-5,10-11,19,24H,3,6-9,12-13H2,1-2H3/t19-,21-/m1/s1. The van der Waals surface area contributed by atoms with Crippen LogP contribution in [0.4, 0.5) is 0 Å². The fourth-order valence-electron chi connectivity index (χ4n) is 4.72. The van der Waals surface area contributed by atoms with Gasteiger partial charge in [-0.05, 0) is 57.5 Å². The third-order valence-corrected chi connectivity index (χ3v) is 6.39. The lowest BCUT2D eigenvalue weighted by Gasteiger charge is -2.53. The molecule has 0 saturated carbocycles. The molecule has 2 aliphatic rings. The molecule has 2 atom stereocenters. The summed E-state index contributed by atoms with van der Waals surface area (Å²) in [6, 6.07) is 6.81. The molecule has 0 aliphatic carbocycles. The minimum Gasteiger partial charge on any atom is -0.451 e. The van der Waals surface area contributed by atoms with Crippen LogP contribution in [0, 0.1) is 12.3 Å². The molecule has 144 valence electrons. The molecule has 3 heterocycles. The van der Waals surface area contributed by atoms with E-state index in [1.54, 1.807) is 17.0 Å². The number of hydrogen-bond donors (Lipinski definition) is 1. The second kappa shape index (κ2) is 6.77. The number of amides is 1. The summed E-state index contributed by atoms with van der Waals surface area (Å²) in [7, 11) is 2.06. The van der Waals surface area contributed by atoms with E-state index in [4.69, 9.17) is 4.42 Å². The monoisotopic (exact) mass is 370 g/mol. The van der Waals surface area contributed by atoms with Gasteiger partial charge in [0, 0.05) is 30.6 Å². The number of rotatable bonds is 2. The molecule has 1 amide bonds. The van der Waals surface area contributed by atoms with Gasteiger partial charge in [-0.2, -0.15) is 0 Å². The minimum atomic E-state index is -0.249. The summed E-state index contributed by atoms with van der Waals surface area (Å²) in [5, 5.41) is 10.5. The summed E-state index contributed by atoms with van der Waals surface area (Å²) in [6.07, 6.45) is 2.83. The number of piperidine rings is 2. The summed E-state index contributed by atoms with van der Waals surface area (Å²) in [5.41, 5.74) is 1.09. The number of carbonyl (C=O) groups excluding carboxylic acids is 1. The molecule has 2 fully saturated rings. The van der Waals surface area contributed by atoms with E-state index in [0.29, 0.717) is 24.1 Å². The second-order valence-electron chi connectivity index (χ2n) is 8.10. The Morgan fingerprint density at radius 2 is 2.11 bits per heavy atom. The van der Waals surface area contributed by atoms with Crippen LogP contribution < -0.4 is 5.43 Å². The number of nitrogens with zero attached hydrogens (tertiary/aromatic N) is 2. The largest absolute Gasteiger partial charge is 0.451 e. The molecule has 2 aliphatic heterocycles. The first-order valence-electron chi connectivity index (χ1n) is 9.58. The van der Waals surface area contributed by atoms with Crippen molar-refractivity contribution in [2.45, 2.75) is 32.2 Å². The number of fused-ring (bicyclic) bond motifs is 2. The number of benzene rings is 1. The zero-order valence-corrected chi connectivity index (χ0v) is 15.9. The first kappa shape index (κ1) is 18.2. The van der Waals surface area contributed by atoms with Gasteiger partial charge in [-0.3, -0.25) is 9.59 Å². The Bertz CT molecular complexity index is 937. The van der Waals surface area contributed by atoms with E-state index in [-0.39, 0.29) is 35.2 Å². The Balaban J connectivity index is 1.64. The Hall–Kier alpha value is -2.18. The van der Waals surface area contributed by atoms with Gasteiger partial charge in [0.1, 0.15) is 5.58 Å². The van der Waals surface area contributed by atoms with Gasteiger partial charge in [0.15, 0.2) is 11.2 Å². The maximum Gasteiger partial charge on any atom is 0.289 e. The average Bonchev–Trinajstić information content (AvgIpc) is 2.67. The first-order chi connectivity index (χ1) is 12.9. The van der Waals surface area contributed by atoms with Gasteiger partial charge in [-0.15, -0.1) is 0 Å². The number of aliphatic hydroxyl groups is 1. The van der Waals surface area contributed by atoms with Crippen molar-refractivity contribution in [2.75, 3.05) is 33.3 Å². The molecule has 1 aromatic carbocycles. The predicted octanol–water partition coefficient (Wildman–Crippen LogP) is 2.02. The fraction of sp³-hybridized carbons (Fsp3) is 0.524. The topological polar surface area (TPSA) is 74.0 Å². The molecular formula is C21H26N2O4. The predicted molar refractivity (Wildman–Crippen MR) is 103 cm³/mol. The van der Waals surface area contributed by atoms with Crippen molar-refractivity contribution < 1.29 is 14.3 Å². The Labute approximate surface area is 158 Å². The Morgan fingerprint density at radius 1 is 1.30 bits per heavy atom. The lowest BCUT2D eigenvalue weighted by molar-refractivity contribution is -0.0605. The molecule has 1 N–H and O–H groups in total. The number of likely N-dealkylation sites (tertiary alicyclic amines) is 2.